The summed E-state index contributed by atoms with van der Waals surface area (Å²) >= 11 is 0. The fraction of sp³-hybridized carbons (Fsp3) is 0.222. The summed E-state index contributed by atoms with van der Waals surface area (Å²) in [7, 11) is 0. The van der Waals surface area contributed by atoms with E-state index in [1.165, 1.54) is 23.4 Å². The minimum Gasteiger partial charge on any atom is -0.211 e. The zero-order chi connectivity index (χ0) is 6.81. The standard InChI is InChI=1S/C9H9N/c1-2-6-9-8(4-1)5-3-7-10-9/h3-7H,1-2H2/p+1. The second-order valence-electron chi connectivity index (χ2n) is 2.52. The molecule has 1 heterocycles. The van der Waals surface area contributed by atoms with Crippen molar-refractivity contribution < 1.29 is 4.98 Å². The molecule has 0 aliphatic heterocycles. The molecule has 0 amide bonds. The highest BCUT2D eigenvalue weighted by molar-refractivity contribution is 5.33. The molecule has 1 aromatic rings. The van der Waals surface area contributed by atoms with Crippen LogP contribution in [0.4, 0.5) is 0 Å². The van der Waals surface area contributed by atoms with Crippen molar-refractivity contribution in [3.8, 4) is 0 Å². The number of H-pyrrole nitrogens is 1. The second kappa shape index (κ2) is 2.25. The highest BCUT2D eigenvalue weighted by Gasteiger charge is 1.95. The lowest BCUT2D eigenvalue weighted by molar-refractivity contribution is -0.396. The summed E-state index contributed by atoms with van der Waals surface area (Å²) in [5, 5.41) is 2.61. The summed E-state index contributed by atoms with van der Waals surface area (Å²) in [5.74, 6) is 0. The first-order chi connectivity index (χ1) is 4.97. The molecule has 10 heavy (non-hydrogen) atoms. The highest BCUT2D eigenvalue weighted by atomic mass is 14.6. The topological polar surface area (TPSA) is 14.1 Å². The van der Waals surface area contributed by atoms with E-state index in [1.54, 1.807) is 0 Å². The van der Waals surface area contributed by atoms with Crippen LogP contribution in [0.3, 0.4) is 0 Å². The first kappa shape index (κ1) is 5.66. The number of aromatic amines is 1. The van der Waals surface area contributed by atoms with Gasteiger partial charge in [-0.2, -0.15) is 0 Å². The molecule has 0 radical (unpaired) electrons. The molecule has 1 heteroatoms. The van der Waals surface area contributed by atoms with E-state index in [0.717, 1.165) is 0 Å². The van der Waals surface area contributed by atoms with Crippen LogP contribution in [0.1, 0.15) is 12.8 Å². The molecule has 0 aromatic carbocycles. The van der Waals surface area contributed by atoms with Crippen LogP contribution in [0.2, 0.25) is 0 Å². The maximum Gasteiger partial charge on any atom is 0.206 e. The minimum atomic E-state index is 1.17. The Bertz CT molecular complexity index is 303. The van der Waals surface area contributed by atoms with Gasteiger partial charge in [-0.15, -0.1) is 0 Å². The number of aromatic nitrogens is 1. The van der Waals surface area contributed by atoms with E-state index < -0.39 is 0 Å². The third kappa shape index (κ3) is 0.838. The van der Waals surface area contributed by atoms with Crippen molar-refractivity contribution in [2.75, 3.05) is 0 Å². The zero-order valence-corrected chi connectivity index (χ0v) is 5.80. The van der Waals surface area contributed by atoms with Gasteiger partial charge in [0.1, 0.15) is 0 Å². The van der Waals surface area contributed by atoms with Crippen LogP contribution in [0.25, 0.3) is 12.2 Å². The Morgan fingerprint density at radius 3 is 3.00 bits per heavy atom. The summed E-state index contributed by atoms with van der Waals surface area (Å²) < 4.78 is 0. The molecule has 0 fully saturated rings. The number of fused-ring (bicyclic) bond motifs is 1. The molecular weight excluding hydrogens is 122 g/mol. The molecule has 50 valence electrons. The smallest absolute Gasteiger partial charge is 0.206 e. The van der Waals surface area contributed by atoms with Gasteiger partial charge in [-0.3, -0.25) is 0 Å². The predicted molar refractivity (Wildman–Crippen MR) is 40.4 cm³/mol. The average molecular weight is 132 g/mol. The number of nitrogens with one attached hydrogen (secondary N) is 1. The summed E-state index contributed by atoms with van der Waals surface area (Å²) in [6.45, 7) is 0. The molecule has 1 N–H and O–H groups in total. The van der Waals surface area contributed by atoms with Crippen LogP contribution in [0, 0.1) is 0 Å². The van der Waals surface area contributed by atoms with Gasteiger partial charge < -0.3 is 0 Å². The Hall–Kier alpha value is -1.11. The van der Waals surface area contributed by atoms with Crippen LogP contribution in [0.5, 0.6) is 0 Å². The van der Waals surface area contributed by atoms with Crippen LogP contribution in [0.15, 0.2) is 18.3 Å². The molecule has 1 aromatic heterocycles. The van der Waals surface area contributed by atoms with E-state index in [1.807, 2.05) is 12.3 Å². The van der Waals surface area contributed by atoms with E-state index in [4.69, 9.17) is 0 Å². The van der Waals surface area contributed by atoms with Crippen molar-refractivity contribution in [2.24, 2.45) is 0 Å². The molecule has 0 atom stereocenters. The van der Waals surface area contributed by atoms with E-state index in [2.05, 4.69) is 23.2 Å². The van der Waals surface area contributed by atoms with Gasteiger partial charge in [0, 0.05) is 11.3 Å². The lowest BCUT2D eigenvalue weighted by Crippen LogP contribution is -2.41. The van der Waals surface area contributed by atoms with E-state index in [0.29, 0.717) is 0 Å². The highest BCUT2D eigenvalue weighted by Crippen LogP contribution is 1.92. The van der Waals surface area contributed by atoms with Gasteiger partial charge in [-0.1, -0.05) is 6.08 Å². The third-order valence-electron chi connectivity index (χ3n) is 1.80. The van der Waals surface area contributed by atoms with Gasteiger partial charge in [0.25, 0.3) is 0 Å². The van der Waals surface area contributed by atoms with Crippen LogP contribution in [-0.4, -0.2) is 0 Å². The Labute approximate surface area is 59.7 Å². The molecule has 1 nitrogen and oxygen atoms in total. The molecule has 1 aliphatic carbocycles. The van der Waals surface area contributed by atoms with Crippen molar-refractivity contribution in [3.05, 3.63) is 28.9 Å². The SMILES string of the molecule is C1=c2ccc[nH+]c2=CCC1. The predicted octanol–water partition coefficient (Wildman–Crippen LogP) is -0.145. The fourth-order valence-electron chi connectivity index (χ4n) is 1.28. The van der Waals surface area contributed by atoms with Gasteiger partial charge in [-0.05, 0) is 25.0 Å². The van der Waals surface area contributed by atoms with Crippen LogP contribution >= 0.6 is 0 Å². The van der Waals surface area contributed by atoms with Crippen molar-refractivity contribution in [3.63, 3.8) is 0 Å². The maximum absolute atomic E-state index is 3.20. The number of hydrogen-bond acceptors (Lipinski definition) is 0. The first-order valence-electron chi connectivity index (χ1n) is 3.64. The number of rotatable bonds is 0. The van der Waals surface area contributed by atoms with Crippen molar-refractivity contribution in [1.29, 1.82) is 0 Å². The van der Waals surface area contributed by atoms with Crippen LogP contribution < -0.4 is 15.6 Å². The maximum atomic E-state index is 3.20. The van der Waals surface area contributed by atoms with Crippen molar-refractivity contribution in [1.82, 2.24) is 0 Å². The lowest BCUT2D eigenvalue weighted by Gasteiger charge is -1.91. The van der Waals surface area contributed by atoms with Gasteiger partial charge in [0.2, 0.25) is 5.35 Å². The van der Waals surface area contributed by atoms with E-state index in [9.17, 15) is 0 Å². The molecule has 0 unspecified atom stereocenters. The molecular formula is C9H10N+. The summed E-state index contributed by atoms with van der Waals surface area (Å²) in [6, 6.07) is 4.18. The van der Waals surface area contributed by atoms with Gasteiger partial charge in [0.05, 0.1) is 0 Å². The Morgan fingerprint density at radius 2 is 2.10 bits per heavy atom. The van der Waals surface area contributed by atoms with Gasteiger partial charge >= 0.3 is 0 Å². The summed E-state index contributed by atoms with van der Waals surface area (Å²) in [4.78, 5) is 3.20. The van der Waals surface area contributed by atoms with Crippen LogP contribution in [-0.2, 0) is 0 Å². The van der Waals surface area contributed by atoms with Crippen molar-refractivity contribution >= 4 is 12.2 Å². The summed E-state index contributed by atoms with van der Waals surface area (Å²) in [5.41, 5.74) is 0. The molecule has 1 aliphatic rings. The molecule has 0 saturated carbocycles. The van der Waals surface area contributed by atoms with Gasteiger partial charge in [0.15, 0.2) is 6.20 Å². The largest absolute Gasteiger partial charge is 0.211 e. The normalized spacial score (nSPS) is 14.8. The monoisotopic (exact) mass is 132 g/mol. The minimum absolute atomic E-state index is 1.17. The molecule has 0 bridgehead atoms. The second-order valence-corrected chi connectivity index (χ2v) is 2.52. The molecule has 2 rings (SSSR count). The van der Waals surface area contributed by atoms with Crippen molar-refractivity contribution in [2.45, 2.75) is 12.8 Å². The first-order valence-corrected chi connectivity index (χ1v) is 3.64. The third-order valence-corrected chi connectivity index (χ3v) is 1.80. The quantitative estimate of drug-likeness (QED) is 0.466. The Morgan fingerprint density at radius 1 is 1.20 bits per heavy atom. The van der Waals surface area contributed by atoms with E-state index >= 15 is 0 Å². The number of hydrogen-bond donors (Lipinski definition) is 0. The molecule has 0 saturated heterocycles. The lowest BCUT2D eigenvalue weighted by atomic mass is 10.1. The average Bonchev–Trinajstić information content (AvgIpc) is 2.05. The van der Waals surface area contributed by atoms with E-state index in [-0.39, 0.29) is 0 Å². The Kier molecular flexibility index (Phi) is 1.28. The Balaban J connectivity index is 2.84. The zero-order valence-electron chi connectivity index (χ0n) is 5.80. The van der Waals surface area contributed by atoms with Gasteiger partial charge in [-0.25, -0.2) is 4.98 Å². The number of pyridine rings is 1. The summed E-state index contributed by atoms with van der Waals surface area (Å²) in [6.07, 6.45) is 8.84. The molecule has 0 spiro atoms. The fourth-order valence-corrected chi connectivity index (χ4v) is 1.28.